The Morgan fingerprint density at radius 1 is 0.933 bits per heavy atom. The maximum Gasteiger partial charge on any atom is 0.191 e. The van der Waals surface area contributed by atoms with Crippen LogP contribution in [0.3, 0.4) is 0 Å². The van der Waals surface area contributed by atoms with Gasteiger partial charge in [-0.25, -0.2) is 4.99 Å². The van der Waals surface area contributed by atoms with Gasteiger partial charge in [-0.1, -0.05) is 66.7 Å². The molecule has 5 heteroatoms. The first-order valence-corrected chi connectivity index (χ1v) is 9.42. The van der Waals surface area contributed by atoms with Crippen LogP contribution in [0.25, 0.3) is 16.8 Å². The van der Waals surface area contributed by atoms with Crippen molar-refractivity contribution in [2.75, 3.05) is 0 Å². The van der Waals surface area contributed by atoms with Crippen LogP contribution in [0.15, 0.2) is 94.8 Å². The predicted octanol–water partition coefficient (Wildman–Crippen LogP) is 4.39. The Kier molecular flexibility index (Phi) is 4.90. The molecule has 0 bridgehead atoms. The van der Waals surface area contributed by atoms with Crippen LogP contribution in [0.1, 0.15) is 18.1 Å². The number of nitriles is 2. The van der Waals surface area contributed by atoms with Gasteiger partial charge in [-0.05, 0) is 35.4 Å². The van der Waals surface area contributed by atoms with Crippen molar-refractivity contribution >= 4 is 22.6 Å². The molecule has 0 spiro atoms. The van der Waals surface area contributed by atoms with E-state index in [4.69, 9.17) is 0 Å². The van der Waals surface area contributed by atoms with E-state index in [0.29, 0.717) is 16.8 Å². The van der Waals surface area contributed by atoms with Crippen molar-refractivity contribution < 1.29 is 5.11 Å². The van der Waals surface area contributed by atoms with Crippen LogP contribution >= 0.6 is 0 Å². The molecule has 4 rings (SSSR count). The average molecular weight is 390 g/mol. The first-order chi connectivity index (χ1) is 14.5. The second-order valence-electron chi connectivity index (χ2n) is 7.01. The van der Waals surface area contributed by atoms with Crippen LogP contribution in [-0.4, -0.2) is 10.8 Å². The highest BCUT2D eigenvalue weighted by Gasteiger charge is 2.38. The predicted molar refractivity (Wildman–Crippen MR) is 117 cm³/mol. The number of aliphatic hydroxyl groups is 1. The molecule has 0 amide bonds. The number of rotatable bonds is 2. The molecule has 1 aliphatic heterocycles. The number of allylic oxidation sites excluding steroid dienone is 2. The lowest BCUT2D eigenvalue weighted by molar-refractivity contribution is 0.0585. The standard InChI is InChI=1S/C25H18N4O/c1-17-22(14-18-11-12-19-7-5-6-8-20(19)13-18)25(30,21-9-3-2-4-10-21)29-24(16-27)23(15-26)28-17/h2-14,29-30H,1H3/b22-14-. The molecule has 1 aliphatic rings. The first kappa shape index (κ1) is 19.1. The van der Waals surface area contributed by atoms with E-state index >= 15 is 0 Å². The molecule has 0 aromatic heterocycles. The third kappa shape index (κ3) is 3.35. The van der Waals surface area contributed by atoms with Crippen molar-refractivity contribution in [3.05, 3.63) is 101 Å². The highest BCUT2D eigenvalue weighted by Crippen LogP contribution is 2.34. The topological polar surface area (TPSA) is 92.2 Å². The van der Waals surface area contributed by atoms with Crippen LogP contribution < -0.4 is 5.32 Å². The van der Waals surface area contributed by atoms with Crippen LogP contribution in [-0.2, 0) is 5.72 Å². The lowest BCUT2D eigenvalue weighted by Crippen LogP contribution is -2.44. The molecule has 0 fully saturated rings. The number of fused-ring (bicyclic) bond motifs is 1. The molecule has 3 aromatic carbocycles. The fraction of sp³-hybridized carbons (Fsp3) is 0.0800. The van der Waals surface area contributed by atoms with Crippen molar-refractivity contribution in [2.45, 2.75) is 12.6 Å². The lowest BCUT2D eigenvalue weighted by atomic mass is 9.89. The Labute approximate surface area is 174 Å². The normalized spacial score (nSPS) is 20.1. The van der Waals surface area contributed by atoms with E-state index in [1.165, 1.54) is 0 Å². The van der Waals surface area contributed by atoms with E-state index in [-0.39, 0.29) is 11.4 Å². The number of aliphatic imine (C=N–C) groups is 1. The van der Waals surface area contributed by atoms with Crippen molar-refractivity contribution in [2.24, 2.45) is 4.99 Å². The summed E-state index contributed by atoms with van der Waals surface area (Å²) in [5.74, 6) is 0. The van der Waals surface area contributed by atoms with Gasteiger partial charge in [0.2, 0.25) is 0 Å². The van der Waals surface area contributed by atoms with E-state index in [9.17, 15) is 15.6 Å². The number of benzene rings is 3. The van der Waals surface area contributed by atoms with E-state index in [2.05, 4.69) is 10.3 Å². The van der Waals surface area contributed by atoms with Crippen LogP contribution in [0.5, 0.6) is 0 Å². The summed E-state index contributed by atoms with van der Waals surface area (Å²) in [5.41, 5.74) is 0.443. The number of hydrogen-bond acceptors (Lipinski definition) is 5. The quantitative estimate of drug-likeness (QED) is 0.679. The fourth-order valence-electron chi connectivity index (χ4n) is 3.60. The molecule has 2 N–H and O–H groups in total. The summed E-state index contributed by atoms with van der Waals surface area (Å²) in [6, 6.07) is 26.9. The Balaban J connectivity index is 1.95. The van der Waals surface area contributed by atoms with Gasteiger partial charge >= 0.3 is 0 Å². The second kappa shape index (κ2) is 7.67. The molecular formula is C25H18N4O. The number of hydrogen-bond donors (Lipinski definition) is 2. The average Bonchev–Trinajstić information content (AvgIpc) is 2.89. The summed E-state index contributed by atoms with van der Waals surface area (Å²) < 4.78 is 0. The number of nitrogens with zero attached hydrogens (tertiary/aromatic N) is 3. The Morgan fingerprint density at radius 2 is 1.63 bits per heavy atom. The van der Waals surface area contributed by atoms with Crippen LogP contribution in [0.4, 0.5) is 0 Å². The van der Waals surface area contributed by atoms with Gasteiger partial charge in [-0.15, -0.1) is 0 Å². The minimum absolute atomic E-state index is 0.0636. The third-order valence-corrected chi connectivity index (χ3v) is 5.10. The van der Waals surface area contributed by atoms with Gasteiger partial charge < -0.3 is 10.4 Å². The van der Waals surface area contributed by atoms with Gasteiger partial charge in [0.25, 0.3) is 0 Å². The smallest absolute Gasteiger partial charge is 0.191 e. The van der Waals surface area contributed by atoms with Crippen molar-refractivity contribution in [3.63, 3.8) is 0 Å². The monoisotopic (exact) mass is 390 g/mol. The van der Waals surface area contributed by atoms with Gasteiger partial charge in [0, 0.05) is 16.8 Å². The maximum absolute atomic E-state index is 11.8. The van der Waals surface area contributed by atoms with E-state index in [1.54, 1.807) is 31.2 Å². The van der Waals surface area contributed by atoms with Gasteiger partial charge in [0.1, 0.15) is 12.1 Å². The Morgan fingerprint density at radius 3 is 2.33 bits per heavy atom. The van der Waals surface area contributed by atoms with Gasteiger partial charge in [-0.2, -0.15) is 10.5 Å². The van der Waals surface area contributed by atoms with Crippen molar-refractivity contribution in [3.8, 4) is 12.1 Å². The fourth-order valence-corrected chi connectivity index (χ4v) is 3.60. The van der Waals surface area contributed by atoms with E-state index < -0.39 is 5.72 Å². The van der Waals surface area contributed by atoms with E-state index in [0.717, 1.165) is 16.3 Å². The SMILES string of the molecule is CC1=NC(C#N)=C(C#N)NC(O)(c2ccccc2)/C1=C\c1ccc2ccccc2c1. The first-order valence-electron chi connectivity index (χ1n) is 9.42. The zero-order valence-electron chi connectivity index (χ0n) is 16.3. The molecule has 0 aliphatic carbocycles. The molecule has 5 nitrogen and oxygen atoms in total. The summed E-state index contributed by atoms with van der Waals surface area (Å²) in [7, 11) is 0. The highest BCUT2D eigenvalue weighted by molar-refractivity contribution is 6.05. The van der Waals surface area contributed by atoms with Gasteiger partial charge in [0.15, 0.2) is 17.1 Å². The van der Waals surface area contributed by atoms with Crippen LogP contribution in [0.2, 0.25) is 0 Å². The molecule has 1 atom stereocenters. The summed E-state index contributed by atoms with van der Waals surface area (Å²) >= 11 is 0. The van der Waals surface area contributed by atoms with Crippen molar-refractivity contribution in [1.29, 1.82) is 10.5 Å². The lowest BCUT2D eigenvalue weighted by Gasteiger charge is -2.31. The summed E-state index contributed by atoms with van der Waals surface area (Å²) in [6.07, 6.45) is 1.83. The molecule has 3 aromatic rings. The minimum atomic E-state index is -1.73. The third-order valence-electron chi connectivity index (χ3n) is 5.10. The van der Waals surface area contributed by atoms with E-state index in [1.807, 2.05) is 66.7 Å². The van der Waals surface area contributed by atoms with Gasteiger partial charge in [0.05, 0.1) is 0 Å². The molecule has 0 radical (unpaired) electrons. The van der Waals surface area contributed by atoms with Crippen LogP contribution in [0, 0.1) is 22.7 Å². The van der Waals surface area contributed by atoms with Gasteiger partial charge in [-0.3, -0.25) is 0 Å². The zero-order chi connectivity index (χ0) is 21.1. The van der Waals surface area contributed by atoms with Crippen molar-refractivity contribution in [1.82, 2.24) is 5.32 Å². The molecule has 1 unspecified atom stereocenters. The molecule has 0 saturated carbocycles. The molecule has 30 heavy (non-hydrogen) atoms. The zero-order valence-corrected chi connectivity index (χ0v) is 16.3. The Hall–Kier alpha value is -4.19. The minimum Gasteiger partial charge on any atom is -0.363 e. The molecule has 144 valence electrons. The maximum atomic E-state index is 11.8. The summed E-state index contributed by atoms with van der Waals surface area (Å²) in [6.45, 7) is 1.72. The molecule has 0 saturated heterocycles. The Bertz CT molecular complexity index is 1310. The molecule has 1 heterocycles. The summed E-state index contributed by atoms with van der Waals surface area (Å²) in [4.78, 5) is 4.33. The number of nitrogens with one attached hydrogen (secondary N) is 1. The largest absolute Gasteiger partial charge is 0.363 e. The summed E-state index contributed by atoms with van der Waals surface area (Å²) in [5, 5.41) is 35.9. The molecular weight excluding hydrogens is 372 g/mol. The highest BCUT2D eigenvalue weighted by atomic mass is 16.3. The second-order valence-corrected chi connectivity index (χ2v) is 7.01.